The molecule has 0 saturated heterocycles. The molecule has 1 amide bonds. The molecule has 0 fully saturated rings. The van der Waals surface area contributed by atoms with Gasteiger partial charge >= 0.3 is 0 Å². The van der Waals surface area contributed by atoms with Crippen molar-refractivity contribution < 1.29 is 13.6 Å². The van der Waals surface area contributed by atoms with Crippen LogP contribution in [0.4, 0.5) is 8.78 Å². The maximum Gasteiger partial charge on any atom is 0.289 e. The lowest BCUT2D eigenvalue weighted by Gasteiger charge is -2.28. The summed E-state index contributed by atoms with van der Waals surface area (Å²) < 4.78 is 27.4. The normalized spacial score (nSPS) is 15.0. The van der Waals surface area contributed by atoms with Crippen LogP contribution in [-0.4, -0.2) is 40.6 Å². The van der Waals surface area contributed by atoms with E-state index in [4.69, 9.17) is 11.6 Å². The zero-order valence-corrected chi connectivity index (χ0v) is 13.3. The van der Waals surface area contributed by atoms with E-state index in [0.29, 0.717) is 18.7 Å². The van der Waals surface area contributed by atoms with Crippen LogP contribution in [-0.2, 0) is 0 Å². The monoisotopic (exact) mass is 350 g/mol. The highest BCUT2D eigenvalue weighted by Crippen LogP contribution is 2.27. The maximum absolute atomic E-state index is 13.8. The Morgan fingerprint density at radius 2 is 2.21 bits per heavy atom. The summed E-state index contributed by atoms with van der Waals surface area (Å²) in [6, 6.07) is 2.55. The molecule has 2 heterocycles. The molecule has 0 spiro atoms. The summed E-state index contributed by atoms with van der Waals surface area (Å²) in [5.74, 6) is -1.79. The largest absolute Gasteiger partial charge is 0.333 e. The number of carbonyl (C=O) groups is 1. The van der Waals surface area contributed by atoms with E-state index in [2.05, 4.69) is 28.3 Å². The number of fused-ring (bicyclic) bond motifs is 1. The van der Waals surface area contributed by atoms with Gasteiger partial charge in [0.15, 0.2) is 11.6 Å². The smallest absolute Gasteiger partial charge is 0.289 e. The number of nitrogens with zero attached hydrogens (tertiary/aromatic N) is 3. The number of hydrogen-bond donors (Lipinski definition) is 1. The number of amides is 1. The van der Waals surface area contributed by atoms with Crippen LogP contribution in [0.15, 0.2) is 40.8 Å². The van der Waals surface area contributed by atoms with E-state index in [0.717, 1.165) is 0 Å². The van der Waals surface area contributed by atoms with E-state index in [-0.39, 0.29) is 34.0 Å². The Morgan fingerprint density at radius 1 is 1.46 bits per heavy atom. The molecule has 1 aromatic heterocycles. The van der Waals surface area contributed by atoms with Crippen molar-refractivity contribution >= 4 is 35.3 Å². The van der Waals surface area contributed by atoms with Crippen molar-refractivity contribution in [3.05, 3.63) is 52.5 Å². The minimum Gasteiger partial charge on any atom is -0.333 e. The van der Waals surface area contributed by atoms with Gasteiger partial charge in [0.05, 0.1) is 17.1 Å². The SMILES string of the molecule is C=NC1=C(C(=C)F)CN(C(=O)c2nc3c(F)ccc(Cl)c3[nH]2)CC1. The molecular weight excluding hydrogens is 338 g/mol. The Kier molecular flexibility index (Phi) is 4.19. The molecule has 24 heavy (non-hydrogen) atoms. The number of aliphatic imine (C=N–C) groups is 1. The van der Waals surface area contributed by atoms with Gasteiger partial charge in [-0.15, -0.1) is 0 Å². The highest BCUT2D eigenvalue weighted by molar-refractivity contribution is 6.35. The first-order chi connectivity index (χ1) is 11.4. The predicted molar refractivity (Wildman–Crippen MR) is 88.4 cm³/mol. The average Bonchev–Trinajstić information content (AvgIpc) is 3.03. The molecule has 124 valence electrons. The lowest BCUT2D eigenvalue weighted by molar-refractivity contribution is 0.0752. The van der Waals surface area contributed by atoms with Gasteiger partial charge in [-0.3, -0.25) is 9.79 Å². The third kappa shape index (κ3) is 2.71. The first-order valence-corrected chi connectivity index (χ1v) is 7.46. The highest BCUT2D eigenvalue weighted by Gasteiger charge is 2.27. The first kappa shape index (κ1) is 16.3. The zero-order valence-electron chi connectivity index (χ0n) is 12.6. The van der Waals surface area contributed by atoms with Crippen molar-refractivity contribution in [2.45, 2.75) is 6.42 Å². The van der Waals surface area contributed by atoms with Gasteiger partial charge in [-0.25, -0.2) is 13.8 Å². The van der Waals surface area contributed by atoms with E-state index in [1.165, 1.54) is 17.0 Å². The summed E-state index contributed by atoms with van der Waals surface area (Å²) in [4.78, 5) is 24.5. The van der Waals surface area contributed by atoms with E-state index < -0.39 is 17.6 Å². The Balaban J connectivity index is 1.94. The third-order valence-corrected chi connectivity index (χ3v) is 4.18. The van der Waals surface area contributed by atoms with Crippen molar-refractivity contribution in [1.29, 1.82) is 0 Å². The number of H-pyrrole nitrogens is 1. The fraction of sp³-hybridized carbons (Fsp3) is 0.188. The number of aromatic nitrogens is 2. The van der Waals surface area contributed by atoms with E-state index >= 15 is 0 Å². The number of halogens is 3. The van der Waals surface area contributed by atoms with Crippen LogP contribution in [0.3, 0.4) is 0 Å². The third-order valence-electron chi connectivity index (χ3n) is 3.87. The number of rotatable bonds is 3. The summed E-state index contributed by atoms with van der Waals surface area (Å²) >= 11 is 5.98. The molecule has 0 saturated carbocycles. The maximum atomic E-state index is 13.8. The fourth-order valence-electron chi connectivity index (χ4n) is 2.62. The number of benzene rings is 1. The van der Waals surface area contributed by atoms with Crippen LogP contribution in [0.5, 0.6) is 0 Å². The first-order valence-electron chi connectivity index (χ1n) is 7.09. The van der Waals surface area contributed by atoms with Crippen LogP contribution in [0.2, 0.25) is 5.02 Å². The minimum absolute atomic E-state index is 0.00419. The number of hydrogen-bond acceptors (Lipinski definition) is 3. The molecule has 0 bridgehead atoms. The molecule has 0 unspecified atom stereocenters. The quantitative estimate of drug-likeness (QED) is 0.859. The van der Waals surface area contributed by atoms with Crippen LogP contribution < -0.4 is 0 Å². The van der Waals surface area contributed by atoms with Crippen LogP contribution >= 0.6 is 11.6 Å². The van der Waals surface area contributed by atoms with Gasteiger partial charge in [0.1, 0.15) is 11.3 Å². The molecule has 3 rings (SSSR count). The number of nitrogens with one attached hydrogen (secondary N) is 1. The van der Waals surface area contributed by atoms with E-state index in [1.807, 2.05) is 0 Å². The lowest BCUT2D eigenvalue weighted by atomic mass is 10.1. The second-order valence-corrected chi connectivity index (χ2v) is 5.71. The zero-order chi connectivity index (χ0) is 17.4. The van der Waals surface area contributed by atoms with Crippen molar-refractivity contribution in [3.8, 4) is 0 Å². The molecule has 1 aliphatic rings. The average molecular weight is 351 g/mol. The molecular formula is C16H13ClF2N4O. The molecule has 2 aromatic rings. The van der Waals surface area contributed by atoms with E-state index in [9.17, 15) is 13.6 Å². The van der Waals surface area contributed by atoms with Crippen molar-refractivity contribution in [2.24, 2.45) is 4.99 Å². The fourth-order valence-corrected chi connectivity index (χ4v) is 2.82. The van der Waals surface area contributed by atoms with Gasteiger partial charge in [-0.2, -0.15) is 0 Å². The number of imidazole rings is 1. The van der Waals surface area contributed by atoms with Gasteiger partial charge in [0.2, 0.25) is 0 Å². The molecule has 0 aliphatic carbocycles. The summed E-state index contributed by atoms with van der Waals surface area (Å²) in [6.07, 6.45) is 0.350. The second-order valence-electron chi connectivity index (χ2n) is 5.30. The molecule has 8 heteroatoms. The summed E-state index contributed by atoms with van der Waals surface area (Å²) in [6.45, 7) is 6.97. The van der Waals surface area contributed by atoms with Gasteiger partial charge in [-0.05, 0) is 18.9 Å². The topological polar surface area (TPSA) is 61.4 Å². The summed E-state index contributed by atoms with van der Waals surface area (Å²) in [5.41, 5.74) is 0.938. The lowest BCUT2D eigenvalue weighted by Crippen LogP contribution is -2.37. The van der Waals surface area contributed by atoms with Gasteiger partial charge in [0, 0.05) is 24.2 Å². The second kappa shape index (κ2) is 6.16. The Hall–Kier alpha value is -2.54. The van der Waals surface area contributed by atoms with Crippen LogP contribution in [0.25, 0.3) is 11.0 Å². The number of aromatic amines is 1. The van der Waals surface area contributed by atoms with Crippen LogP contribution in [0.1, 0.15) is 17.0 Å². The van der Waals surface area contributed by atoms with Gasteiger partial charge in [0.25, 0.3) is 5.91 Å². The minimum atomic E-state index is -0.659. The molecule has 5 nitrogen and oxygen atoms in total. The Labute approximate surface area is 141 Å². The van der Waals surface area contributed by atoms with E-state index in [1.54, 1.807) is 0 Å². The Morgan fingerprint density at radius 3 is 2.83 bits per heavy atom. The van der Waals surface area contributed by atoms with Crippen molar-refractivity contribution in [1.82, 2.24) is 14.9 Å². The highest BCUT2D eigenvalue weighted by atomic mass is 35.5. The molecule has 1 aliphatic heterocycles. The summed E-state index contributed by atoms with van der Waals surface area (Å²) in [7, 11) is 0. The van der Waals surface area contributed by atoms with Crippen molar-refractivity contribution in [3.63, 3.8) is 0 Å². The molecule has 0 radical (unpaired) electrons. The van der Waals surface area contributed by atoms with Crippen molar-refractivity contribution in [2.75, 3.05) is 13.1 Å². The molecule has 1 aromatic carbocycles. The van der Waals surface area contributed by atoms with Gasteiger partial charge < -0.3 is 9.88 Å². The molecule has 0 atom stereocenters. The summed E-state index contributed by atoms with van der Waals surface area (Å²) in [5, 5.41) is 0.257. The Bertz CT molecular complexity index is 864. The molecule has 1 N–H and O–H groups in total. The number of carbonyl (C=O) groups excluding carboxylic acids is 1. The van der Waals surface area contributed by atoms with Crippen LogP contribution in [0, 0.1) is 5.82 Å². The van der Waals surface area contributed by atoms with Gasteiger partial charge in [-0.1, -0.05) is 18.2 Å². The predicted octanol–water partition coefficient (Wildman–Crippen LogP) is 3.64. The standard InChI is InChI=1S/C16H13ClF2N4O/c1-8(18)9-7-23(6-5-12(9)20-2)16(24)15-21-13-10(17)3-4-11(19)14(13)22-15/h3-4H,1-2,5-7H2,(H,21,22).